The van der Waals surface area contributed by atoms with E-state index in [9.17, 15) is 18.0 Å². The van der Waals surface area contributed by atoms with Crippen LogP contribution < -0.4 is 4.90 Å². The molecule has 0 unspecified atom stereocenters. The molecule has 35 heavy (non-hydrogen) atoms. The van der Waals surface area contributed by atoms with E-state index < -0.39 is 11.9 Å². The largest absolute Gasteiger partial charge is 0.435 e. The van der Waals surface area contributed by atoms with Crippen LogP contribution in [0.1, 0.15) is 35.8 Å². The number of aromatic nitrogens is 5. The fourth-order valence-corrected chi connectivity index (χ4v) is 4.55. The van der Waals surface area contributed by atoms with Crippen LogP contribution >= 0.6 is 0 Å². The number of aryl methyl sites for hydroxylation is 1. The molecule has 0 spiro atoms. The van der Waals surface area contributed by atoms with Gasteiger partial charge in [0.15, 0.2) is 5.69 Å². The van der Waals surface area contributed by atoms with Gasteiger partial charge in [0.2, 0.25) is 0 Å². The highest BCUT2D eigenvalue weighted by Crippen LogP contribution is 2.45. The van der Waals surface area contributed by atoms with Gasteiger partial charge in [-0.1, -0.05) is 6.07 Å². The first-order chi connectivity index (χ1) is 16.8. The molecule has 0 amide bonds. The van der Waals surface area contributed by atoms with Gasteiger partial charge in [0, 0.05) is 24.3 Å². The lowest BCUT2D eigenvalue weighted by atomic mass is 9.87. The van der Waals surface area contributed by atoms with Crippen LogP contribution in [-0.4, -0.2) is 38.5 Å². The summed E-state index contributed by atoms with van der Waals surface area (Å²) in [6.07, 6.45) is 0.111. The van der Waals surface area contributed by atoms with Gasteiger partial charge < -0.3 is 14.7 Å². The summed E-state index contributed by atoms with van der Waals surface area (Å²) in [6, 6.07) is 11.4. The Morgan fingerprint density at radius 3 is 2.49 bits per heavy atom. The summed E-state index contributed by atoms with van der Waals surface area (Å²) in [6.45, 7) is 1.84. The summed E-state index contributed by atoms with van der Waals surface area (Å²) in [5, 5.41) is 7.01. The van der Waals surface area contributed by atoms with Crippen LogP contribution in [0.4, 0.5) is 18.9 Å². The highest BCUT2D eigenvalue weighted by atomic mass is 19.4. The second-order valence-electron chi connectivity index (χ2n) is 8.88. The predicted molar refractivity (Wildman–Crippen MR) is 125 cm³/mol. The van der Waals surface area contributed by atoms with Crippen molar-refractivity contribution in [2.45, 2.75) is 32.0 Å². The number of halogens is 3. The van der Waals surface area contributed by atoms with Gasteiger partial charge in [-0.3, -0.25) is 4.98 Å². The Morgan fingerprint density at radius 2 is 1.86 bits per heavy atom. The van der Waals surface area contributed by atoms with E-state index in [4.69, 9.17) is 0 Å². The Bertz CT molecular complexity index is 1360. The Labute approximate surface area is 199 Å². The molecule has 1 aliphatic carbocycles. The first-order valence-electron chi connectivity index (χ1n) is 11.3. The van der Waals surface area contributed by atoms with Crippen molar-refractivity contribution in [3.8, 4) is 11.4 Å². The van der Waals surface area contributed by atoms with Crippen LogP contribution in [0.5, 0.6) is 0 Å². The van der Waals surface area contributed by atoms with Gasteiger partial charge in [-0.05, 0) is 67.6 Å². The van der Waals surface area contributed by atoms with Gasteiger partial charge in [0.05, 0.1) is 29.1 Å². The van der Waals surface area contributed by atoms with Crippen molar-refractivity contribution in [1.82, 2.24) is 25.1 Å². The Morgan fingerprint density at radius 1 is 1.09 bits per heavy atom. The zero-order chi connectivity index (χ0) is 24.7. The lowest BCUT2D eigenvalue weighted by Crippen LogP contribution is -2.33. The molecular weight excluding hydrogens is 457 g/mol. The number of aromatic amines is 1. The monoisotopic (exact) mass is 480 g/mol. The molecule has 3 heterocycles. The lowest BCUT2D eigenvalue weighted by molar-refractivity contribution is -0.141. The van der Waals surface area contributed by atoms with Gasteiger partial charge in [0.1, 0.15) is 12.0 Å². The van der Waals surface area contributed by atoms with Gasteiger partial charge >= 0.3 is 6.18 Å². The van der Waals surface area contributed by atoms with E-state index in [1.54, 1.807) is 12.4 Å². The van der Waals surface area contributed by atoms with Crippen molar-refractivity contribution in [3.63, 3.8) is 0 Å². The molecule has 1 saturated carbocycles. The number of nitrogens with one attached hydrogen (secondary N) is 1. The second-order valence-corrected chi connectivity index (χ2v) is 8.88. The molecule has 4 aromatic rings. The number of benzene rings is 1. The Balaban J connectivity index is 1.51. The van der Waals surface area contributed by atoms with Crippen LogP contribution in [0, 0.1) is 18.8 Å². The van der Waals surface area contributed by atoms with Crippen LogP contribution in [0.25, 0.3) is 22.4 Å². The quantitative estimate of drug-likeness (QED) is 0.369. The minimum absolute atomic E-state index is 0.230. The third-order valence-corrected chi connectivity index (χ3v) is 6.58. The van der Waals surface area contributed by atoms with Crippen LogP contribution in [0.3, 0.4) is 0 Å². The van der Waals surface area contributed by atoms with Crippen molar-refractivity contribution >= 4 is 23.0 Å². The van der Waals surface area contributed by atoms with Crippen molar-refractivity contribution in [1.29, 1.82) is 0 Å². The third-order valence-electron chi connectivity index (χ3n) is 6.58. The number of nitrogens with zero attached hydrogens (tertiary/aromatic N) is 5. The van der Waals surface area contributed by atoms with E-state index in [1.807, 2.05) is 38.2 Å². The van der Waals surface area contributed by atoms with E-state index in [2.05, 4.69) is 30.0 Å². The second kappa shape index (κ2) is 8.75. The molecule has 0 aliphatic heterocycles. The number of alkyl halides is 3. The number of carbonyl (C=O) groups excluding carboxylic acids is 1. The molecule has 0 saturated heterocycles. The van der Waals surface area contributed by atoms with Gasteiger partial charge in [-0.2, -0.15) is 13.2 Å². The zero-order valence-corrected chi connectivity index (χ0v) is 19.1. The number of aldehydes is 1. The molecule has 2 atom stereocenters. The third kappa shape index (κ3) is 4.48. The minimum atomic E-state index is -4.55. The molecule has 0 radical (unpaired) electrons. The number of anilines is 1. The zero-order valence-electron chi connectivity index (χ0n) is 19.1. The minimum Gasteiger partial charge on any atom is -0.367 e. The van der Waals surface area contributed by atoms with Crippen molar-refractivity contribution < 1.29 is 18.0 Å². The average Bonchev–Trinajstić information content (AvgIpc) is 3.57. The highest BCUT2D eigenvalue weighted by molar-refractivity contribution is 5.79. The molecule has 5 rings (SSSR count). The van der Waals surface area contributed by atoms with Crippen LogP contribution in [-0.2, 0) is 11.0 Å². The normalized spacial score (nSPS) is 15.7. The van der Waals surface area contributed by atoms with Gasteiger partial charge in [-0.25, -0.2) is 4.98 Å². The number of imidazole rings is 1. The molecule has 10 heteroatoms. The standard InChI is InChI=1S/C25H23F3N6O/c1-14-17(6-8-20(31-14)21-9-10-23(33-32-21)25(26,27)28)24(18(12-35)15-3-4-15)34(2)16-5-7-19-22(11-16)30-13-29-19/h5-13,15,18,24H,3-4H2,1-2H3,(H,29,30)/t18-,24+/m1/s1. The number of carbonyl (C=O) groups is 1. The fraction of sp³-hybridized carbons (Fsp3) is 0.320. The maximum absolute atomic E-state index is 12.8. The number of rotatable bonds is 7. The fourth-order valence-electron chi connectivity index (χ4n) is 4.55. The molecular formula is C25H23F3N6O. The van der Waals surface area contributed by atoms with Crippen molar-refractivity contribution in [3.05, 3.63) is 65.7 Å². The first-order valence-corrected chi connectivity index (χ1v) is 11.3. The van der Waals surface area contributed by atoms with E-state index in [0.717, 1.165) is 47.5 Å². The lowest BCUT2D eigenvalue weighted by Gasteiger charge is -2.35. The van der Waals surface area contributed by atoms with Crippen LogP contribution in [0.15, 0.2) is 48.8 Å². The summed E-state index contributed by atoms with van der Waals surface area (Å²) in [5.41, 5.74) is 3.83. The topological polar surface area (TPSA) is 87.7 Å². The summed E-state index contributed by atoms with van der Waals surface area (Å²) in [5.74, 6) is 0.0704. The number of hydrogen-bond donors (Lipinski definition) is 1. The summed E-state index contributed by atoms with van der Waals surface area (Å²) in [4.78, 5) is 26.4. The van der Waals surface area contributed by atoms with Crippen LogP contribution in [0.2, 0.25) is 0 Å². The Hall–Kier alpha value is -3.82. The summed E-state index contributed by atoms with van der Waals surface area (Å²) < 4.78 is 38.5. The average molecular weight is 480 g/mol. The highest BCUT2D eigenvalue weighted by Gasteiger charge is 2.40. The van der Waals surface area contributed by atoms with E-state index >= 15 is 0 Å². The molecule has 1 aromatic carbocycles. The van der Waals surface area contributed by atoms with Gasteiger partial charge in [-0.15, -0.1) is 10.2 Å². The molecule has 1 fully saturated rings. The predicted octanol–water partition coefficient (Wildman–Crippen LogP) is 5.14. The molecule has 3 aromatic heterocycles. The maximum Gasteiger partial charge on any atom is 0.435 e. The number of fused-ring (bicyclic) bond motifs is 1. The van der Waals surface area contributed by atoms with E-state index in [0.29, 0.717) is 17.3 Å². The van der Waals surface area contributed by atoms with E-state index in [-0.39, 0.29) is 17.7 Å². The SMILES string of the molecule is Cc1nc(-c2ccc(C(F)(F)F)nn2)ccc1[C@@H]([C@H](C=O)C1CC1)N(C)c1ccc2[nH]cnc2c1. The number of hydrogen-bond acceptors (Lipinski definition) is 6. The summed E-state index contributed by atoms with van der Waals surface area (Å²) >= 11 is 0. The maximum atomic E-state index is 12.8. The molecule has 7 nitrogen and oxygen atoms in total. The number of pyridine rings is 1. The smallest absolute Gasteiger partial charge is 0.367 e. The first kappa shape index (κ1) is 22.9. The number of H-pyrrole nitrogens is 1. The van der Waals surface area contributed by atoms with Gasteiger partial charge in [0.25, 0.3) is 0 Å². The Kier molecular flexibility index (Phi) is 5.74. The molecule has 180 valence electrons. The van der Waals surface area contributed by atoms with E-state index in [1.165, 1.54) is 6.07 Å². The van der Waals surface area contributed by atoms with Crippen molar-refractivity contribution in [2.75, 3.05) is 11.9 Å². The molecule has 0 bridgehead atoms. The molecule has 1 N–H and O–H groups in total. The molecule has 1 aliphatic rings. The van der Waals surface area contributed by atoms with Crippen molar-refractivity contribution in [2.24, 2.45) is 11.8 Å². The summed E-state index contributed by atoms with van der Waals surface area (Å²) in [7, 11) is 1.95.